The van der Waals surface area contributed by atoms with Crippen LogP contribution < -0.4 is 4.72 Å². The molecule has 0 unspecified atom stereocenters. The molecule has 0 amide bonds. The highest BCUT2D eigenvalue weighted by molar-refractivity contribution is 7.92. The van der Waals surface area contributed by atoms with E-state index in [4.69, 9.17) is 23.2 Å². The summed E-state index contributed by atoms with van der Waals surface area (Å²) in [4.78, 5) is -0.0402. The lowest BCUT2D eigenvalue weighted by Gasteiger charge is -2.19. The van der Waals surface area contributed by atoms with E-state index in [0.717, 1.165) is 5.56 Å². The molecule has 0 radical (unpaired) electrons. The summed E-state index contributed by atoms with van der Waals surface area (Å²) in [5.41, 5.74) is 1.61. The molecule has 0 aliphatic heterocycles. The Morgan fingerprint density at radius 2 is 1.55 bits per heavy atom. The third kappa shape index (κ3) is 3.75. The lowest BCUT2D eigenvalue weighted by atomic mass is 9.87. The van der Waals surface area contributed by atoms with E-state index in [1.54, 1.807) is 24.3 Å². The number of rotatable bonds is 3. The number of anilines is 1. The third-order valence-electron chi connectivity index (χ3n) is 3.21. The maximum absolute atomic E-state index is 12.4. The molecule has 3 nitrogen and oxygen atoms in total. The number of hydrogen-bond acceptors (Lipinski definition) is 2. The van der Waals surface area contributed by atoms with Crippen LogP contribution in [0.1, 0.15) is 26.3 Å². The molecule has 0 spiro atoms. The van der Waals surface area contributed by atoms with Crippen molar-refractivity contribution in [1.82, 2.24) is 0 Å². The summed E-state index contributed by atoms with van der Waals surface area (Å²) in [6.45, 7) is 6.29. The molecule has 0 saturated heterocycles. The molecule has 0 aliphatic rings. The number of benzene rings is 2. The Balaban J connectivity index is 2.31. The standard InChI is InChI=1S/C16H17Cl2NO2S/c1-16(2,3)11-7-9-12(10-8-11)19-22(20,21)14-6-4-5-13(17)15(14)18/h4-10,19H,1-3H3. The summed E-state index contributed by atoms with van der Waals surface area (Å²) >= 11 is 11.8. The van der Waals surface area contributed by atoms with Crippen LogP contribution in [0.2, 0.25) is 10.0 Å². The first-order valence-corrected chi connectivity index (χ1v) is 8.92. The van der Waals surface area contributed by atoms with Gasteiger partial charge in [-0.2, -0.15) is 0 Å². The van der Waals surface area contributed by atoms with Gasteiger partial charge in [0.25, 0.3) is 10.0 Å². The van der Waals surface area contributed by atoms with Crippen molar-refractivity contribution in [3.8, 4) is 0 Å². The van der Waals surface area contributed by atoms with Crippen LogP contribution in [0.3, 0.4) is 0 Å². The molecule has 2 aromatic rings. The minimum absolute atomic E-state index is 0.00761. The SMILES string of the molecule is CC(C)(C)c1ccc(NS(=O)(=O)c2cccc(Cl)c2Cl)cc1. The Labute approximate surface area is 141 Å². The van der Waals surface area contributed by atoms with Crippen molar-refractivity contribution < 1.29 is 8.42 Å². The first-order chi connectivity index (χ1) is 10.1. The zero-order chi connectivity index (χ0) is 16.5. The van der Waals surface area contributed by atoms with E-state index in [2.05, 4.69) is 25.5 Å². The van der Waals surface area contributed by atoms with Crippen LogP contribution in [0.25, 0.3) is 0 Å². The van der Waals surface area contributed by atoms with Crippen molar-refractivity contribution in [1.29, 1.82) is 0 Å². The average Bonchev–Trinajstić information content (AvgIpc) is 2.40. The largest absolute Gasteiger partial charge is 0.280 e. The lowest BCUT2D eigenvalue weighted by Crippen LogP contribution is -2.14. The zero-order valence-electron chi connectivity index (χ0n) is 12.5. The molecule has 6 heteroatoms. The van der Waals surface area contributed by atoms with Gasteiger partial charge in [-0.1, -0.05) is 62.2 Å². The Bertz CT molecular complexity index is 779. The van der Waals surface area contributed by atoms with Crippen molar-refractivity contribution in [3.63, 3.8) is 0 Å². The number of halogens is 2. The highest BCUT2D eigenvalue weighted by atomic mass is 35.5. The summed E-state index contributed by atoms with van der Waals surface area (Å²) in [5.74, 6) is 0. The molecule has 0 bridgehead atoms. The smallest absolute Gasteiger partial charge is 0.263 e. The molecule has 2 aromatic carbocycles. The van der Waals surface area contributed by atoms with E-state index in [-0.39, 0.29) is 20.4 Å². The average molecular weight is 358 g/mol. The van der Waals surface area contributed by atoms with Gasteiger partial charge in [0.2, 0.25) is 0 Å². The van der Waals surface area contributed by atoms with Gasteiger partial charge in [0.05, 0.1) is 10.0 Å². The molecule has 0 saturated carbocycles. The summed E-state index contributed by atoms with van der Waals surface area (Å²) in [5, 5.41) is 0.218. The predicted molar refractivity (Wildman–Crippen MR) is 92.4 cm³/mol. The number of hydrogen-bond donors (Lipinski definition) is 1. The van der Waals surface area contributed by atoms with Gasteiger partial charge in [0.15, 0.2) is 0 Å². The van der Waals surface area contributed by atoms with Crippen molar-refractivity contribution in [2.24, 2.45) is 0 Å². The Hall–Kier alpha value is -1.23. The van der Waals surface area contributed by atoms with Gasteiger partial charge in [0.1, 0.15) is 4.90 Å². The minimum atomic E-state index is -3.78. The minimum Gasteiger partial charge on any atom is -0.280 e. The van der Waals surface area contributed by atoms with Crippen LogP contribution in [0, 0.1) is 0 Å². The molecule has 0 atom stereocenters. The second kappa shape index (κ2) is 6.11. The molecule has 0 fully saturated rings. The van der Waals surface area contributed by atoms with Crippen molar-refractivity contribution >= 4 is 38.9 Å². The van der Waals surface area contributed by atoms with Gasteiger partial charge in [0, 0.05) is 5.69 Å². The van der Waals surface area contributed by atoms with E-state index in [0.29, 0.717) is 5.69 Å². The van der Waals surface area contributed by atoms with Crippen LogP contribution in [-0.4, -0.2) is 8.42 Å². The molecule has 118 valence electrons. The van der Waals surface area contributed by atoms with Crippen molar-refractivity contribution in [3.05, 3.63) is 58.1 Å². The third-order valence-corrected chi connectivity index (χ3v) is 5.56. The summed E-state index contributed by atoms with van der Waals surface area (Å²) in [6, 6.07) is 11.8. The van der Waals surface area contributed by atoms with E-state index < -0.39 is 10.0 Å². The Morgan fingerprint density at radius 3 is 2.09 bits per heavy atom. The van der Waals surface area contributed by atoms with Gasteiger partial charge in [-0.05, 0) is 35.2 Å². The highest BCUT2D eigenvalue weighted by Crippen LogP contribution is 2.30. The topological polar surface area (TPSA) is 46.2 Å². The second-order valence-electron chi connectivity index (χ2n) is 5.98. The van der Waals surface area contributed by atoms with Crippen molar-refractivity contribution in [2.75, 3.05) is 4.72 Å². The van der Waals surface area contributed by atoms with E-state index >= 15 is 0 Å². The normalized spacial score (nSPS) is 12.2. The predicted octanol–water partition coefficient (Wildman–Crippen LogP) is 5.09. The summed E-state index contributed by atoms with van der Waals surface area (Å²) < 4.78 is 27.3. The van der Waals surface area contributed by atoms with Gasteiger partial charge in [-0.15, -0.1) is 0 Å². The molecule has 22 heavy (non-hydrogen) atoms. The van der Waals surface area contributed by atoms with Crippen LogP contribution in [0.5, 0.6) is 0 Å². The van der Waals surface area contributed by atoms with Crippen LogP contribution >= 0.6 is 23.2 Å². The van der Waals surface area contributed by atoms with Crippen LogP contribution in [-0.2, 0) is 15.4 Å². The van der Waals surface area contributed by atoms with E-state index in [1.165, 1.54) is 6.07 Å². The summed E-state index contributed by atoms with van der Waals surface area (Å²) in [6.07, 6.45) is 0. The maximum Gasteiger partial charge on any atom is 0.263 e. The molecule has 2 rings (SSSR count). The van der Waals surface area contributed by atoms with Crippen LogP contribution in [0.15, 0.2) is 47.4 Å². The first kappa shape index (κ1) is 17.1. The Kier molecular flexibility index (Phi) is 4.76. The van der Waals surface area contributed by atoms with Gasteiger partial charge < -0.3 is 0 Å². The van der Waals surface area contributed by atoms with Gasteiger partial charge >= 0.3 is 0 Å². The second-order valence-corrected chi connectivity index (χ2v) is 8.42. The molecular weight excluding hydrogens is 341 g/mol. The van der Waals surface area contributed by atoms with E-state index in [1.807, 2.05) is 12.1 Å². The highest BCUT2D eigenvalue weighted by Gasteiger charge is 2.20. The Morgan fingerprint density at radius 1 is 0.955 bits per heavy atom. The van der Waals surface area contributed by atoms with Gasteiger partial charge in [-0.3, -0.25) is 4.72 Å². The van der Waals surface area contributed by atoms with Gasteiger partial charge in [-0.25, -0.2) is 8.42 Å². The number of nitrogens with one attached hydrogen (secondary N) is 1. The quantitative estimate of drug-likeness (QED) is 0.831. The zero-order valence-corrected chi connectivity index (χ0v) is 14.9. The first-order valence-electron chi connectivity index (χ1n) is 6.68. The molecule has 0 aliphatic carbocycles. The lowest BCUT2D eigenvalue weighted by molar-refractivity contribution is 0.590. The van der Waals surface area contributed by atoms with Crippen LogP contribution in [0.4, 0.5) is 5.69 Å². The van der Waals surface area contributed by atoms with E-state index in [9.17, 15) is 8.42 Å². The summed E-state index contributed by atoms with van der Waals surface area (Å²) in [7, 11) is -3.78. The molecule has 0 aromatic heterocycles. The fraction of sp³-hybridized carbons (Fsp3) is 0.250. The monoisotopic (exact) mass is 357 g/mol. The fourth-order valence-corrected chi connectivity index (χ4v) is 3.76. The fourth-order valence-electron chi connectivity index (χ4n) is 1.94. The molecule has 1 N–H and O–H groups in total. The molecule has 0 heterocycles. The number of sulfonamides is 1. The maximum atomic E-state index is 12.4. The van der Waals surface area contributed by atoms with Crippen molar-refractivity contribution in [2.45, 2.75) is 31.1 Å². The molecular formula is C16H17Cl2NO2S.